The summed E-state index contributed by atoms with van der Waals surface area (Å²) < 4.78 is 5.21. The predicted molar refractivity (Wildman–Crippen MR) is 75.7 cm³/mol. The van der Waals surface area contributed by atoms with Crippen LogP contribution in [0.25, 0.3) is 0 Å². The van der Waals surface area contributed by atoms with Crippen molar-refractivity contribution in [2.24, 2.45) is 16.8 Å². The van der Waals surface area contributed by atoms with Gasteiger partial charge in [-0.1, -0.05) is 25.9 Å². The summed E-state index contributed by atoms with van der Waals surface area (Å²) in [7, 11) is 1.62. The van der Waals surface area contributed by atoms with Crippen molar-refractivity contribution < 1.29 is 9.94 Å². The van der Waals surface area contributed by atoms with Crippen molar-refractivity contribution in [1.82, 2.24) is 0 Å². The Labute approximate surface area is 112 Å². The molecule has 0 spiro atoms. The average Bonchev–Trinajstić information content (AvgIpc) is 2.37. The Morgan fingerprint density at radius 1 is 1.39 bits per heavy atom. The number of hydrogen-bond donors (Lipinski definition) is 2. The molecule has 1 aromatic carbocycles. The van der Waals surface area contributed by atoms with Crippen LogP contribution in [0.5, 0.6) is 5.75 Å². The first-order valence-corrected chi connectivity index (χ1v) is 6.70. The molecule has 1 unspecified atom stereocenters. The van der Waals surface area contributed by atoms with Gasteiger partial charge in [0.15, 0.2) is 5.84 Å². The minimum absolute atomic E-state index is 0.121. The van der Waals surface area contributed by atoms with Crippen LogP contribution in [0.15, 0.2) is 28.3 Å². The van der Waals surface area contributed by atoms with Crippen molar-refractivity contribution in [3.63, 3.8) is 0 Å². The summed E-state index contributed by atoms with van der Waals surface area (Å²) >= 11 is 1.70. The second-order valence-electron chi connectivity index (χ2n) is 4.41. The Hall–Kier alpha value is -1.36. The number of rotatable bonds is 5. The van der Waals surface area contributed by atoms with Crippen LogP contribution < -0.4 is 10.5 Å². The Morgan fingerprint density at radius 2 is 2.06 bits per heavy atom. The molecule has 1 rings (SSSR count). The summed E-state index contributed by atoms with van der Waals surface area (Å²) in [6.07, 6.45) is 0. The van der Waals surface area contributed by atoms with E-state index in [0.717, 1.165) is 16.2 Å². The van der Waals surface area contributed by atoms with Gasteiger partial charge in [-0.2, -0.15) is 0 Å². The Morgan fingerprint density at radius 3 is 2.56 bits per heavy atom. The highest BCUT2D eigenvalue weighted by molar-refractivity contribution is 8.00. The SMILES string of the molecule is COc1ccc(/C(N)=N/O)c(SC(C)C(C)C)c1. The monoisotopic (exact) mass is 268 g/mol. The van der Waals surface area contributed by atoms with Crippen molar-refractivity contribution in [3.8, 4) is 5.75 Å². The van der Waals surface area contributed by atoms with Gasteiger partial charge < -0.3 is 15.7 Å². The minimum Gasteiger partial charge on any atom is -0.497 e. The number of oxime groups is 1. The fourth-order valence-electron chi connectivity index (χ4n) is 1.33. The molecular formula is C13H20N2O2S. The lowest BCUT2D eigenvalue weighted by molar-refractivity contribution is 0.318. The smallest absolute Gasteiger partial charge is 0.171 e. The first-order valence-electron chi connectivity index (χ1n) is 5.82. The van der Waals surface area contributed by atoms with E-state index in [4.69, 9.17) is 15.7 Å². The average molecular weight is 268 g/mol. The number of amidine groups is 1. The van der Waals surface area contributed by atoms with E-state index in [1.165, 1.54) is 0 Å². The van der Waals surface area contributed by atoms with Gasteiger partial charge in [-0.05, 0) is 24.1 Å². The molecule has 0 fully saturated rings. The van der Waals surface area contributed by atoms with E-state index >= 15 is 0 Å². The number of thioether (sulfide) groups is 1. The van der Waals surface area contributed by atoms with Crippen LogP contribution in [0, 0.1) is 5.92 Å². The van der Waals surface area contributed by atoms with Crippen LogP contribution in [0.1, 0.15) is 26.3 Å². The maximum atomic E-state index is 8.80. The van der Waals surface area contributed by atoms with Gasteiger partial charge in [-0.25, -0.2) is 0 Å². The zero-order valence-electron chi connectivity index (χ0n) is 11.2. The first kappa shape index (κ1) is 14.7. The zero-order chi connectivity index (χ0) is 13.7. The number of ether oxygens (including phenoxy) is 1. The van der Waals surface area contributed by atoms with Gasteiger partial charge in [0.2, 0.25) is 0 Å². The molecule has 0 bridgehead atoms. The Balaban J connectivity index is 3.12. The molecule has 0 saturated carbocycles. The summed E-state index contributed by atoms with van der Waals surface area (Å²) in [6, 6.07) is 5.53. The summed E-state index contributed by atoms with van der Waals surface area (Å²) in [5, 5.41) is 12.3. The van der Waals surface area contributed by atoms with Gasteiger partial charge >= 0.3 is 0 Å². The van der Waals surface area contributed by atoms with Crippen LogP contribution in [0.3, 0.4) is 0 Å². The third kappa shape index (κ3) is 3.57. The fraction of sp³-hybridized carbons (Fsp3) is 0.462. The largest absolute Gasteiger partial charge is 0.497 e. The lowest BCUT2D eigenvalue weighted by Crippen LogP contribution is -2.15. The summed E-state index contributed by atoms with van der Waals surface area (Å²) in [5.74, 6) is 1.43. The van der Waals surface area contributed by atoms with Gasteiger partial charge in [0, 0.05) is 15.7 Å². The van der Waals surface area contributed by atoms with E-state index in [0.29, 0.717) is 11.2 Å². The highest BCUT2D eigenvalue weighted by atomic mass is 32.2. The van der Waals surface area contributed by atoms with Crippen LogP contribution >= 0.6 is 11.8 Å². The molecule has 100 valence electrons. The molecular weight excluding hydrogens is 248 g/mol. The van der Waals surface area contributed by atoms with Crippen LogP contribution in [-0.4, -0.2) is 23.4 Å². The minimum atomic E-state index is 0.121. The standard InChI is InChI=1S/C13H20N2O2S/c1-8(2)9(3)18-12-7-10(17-4)5-6-11(12)13(14)15-16/h5-9,16H,1-4H3,(H2,14,15). The molecule has 18 heavy (non-hydrogen) atoms. The maximum Gasteiger partial charge on any atom is 0.171 e. The third-order valence-corrected chi connectivity index (χ3v) is 4.33. The van der Waals surface area contributed by atoms with E-state index in [9.17, 15) is 0 Å². The fourth-order valence-corrected chi connectivity index (χ4v) is 2.49. The highest BCUT2D eigenvalue weighted by Gasteiger charge is 2.14. The summed E-state index contributed by atoms with van der Waals surface area (Å²) in [5.41, 5.74) is 6.42. The third-order valence-electron chi connectivity index (χ3n) is 2.82. The van der Waals surface area contributed by atoms with Gasteiger partial charge in [0.1, 0.15) is 5.75 Å². The highest BCUT2D eigenvalue weighted by Crippen LogP contribution is 2.33. The number of nitrogens with zero attached hydrogens (tertiary/aromatic N) is 1. The molecule has 3 N–H and O–H groups in total. The number of hydrogen-bond acceptors (Lipinski definition) is 4. The van der Waals surface area contributed by atoms with Crippen molar-refractivity contribution in [2.45, 2.75) is 30.9 Å². The molecule has 0 aliphatic rings. The summed E-state index contributed by atoms with van der Waals surface area (Å²) in [6.45, 7) is 6.49. The molecule has 0 aliphatic carbocycles. The van der Waals surface area contributed by atoms with Gasteiger partial charge in [0.05, 0.1) is 7.11 Å². The van der Waals surface area contributed by atoms with Crippen molar-refractivity contribution >= 4 is 17.6 Å². The normalized spacial score (nSPS) is 13.7. The molecule has 1 aromatic rings. The van der Waals surface area contributed by atoms with Gasteiger partial charge in [0.25, 0.3) is 0 Å². The zero-order valence-corrected chi connectivity index (χ0v) is 12.0. The van der Waals surface area contributed by atoms with Gasteiger partial charge in [-0.3, -0.25) is 0 Å². The predicted octanol–water partition coefficient (Wildman–Crippen LogP) is 2.93. The molecule has 4 nitrogen and oxygen atoms in total. The Kier molecular flexibility index (Phi) is 5.34. The Bertz CT molecular complexity index is 433. The molecule has 0 aliphatic heterocycles. The van der Waals surface area contributed by atoms with E-state index in [1.54, 1.807) is 24.9 Å². The second kappa shape index (κ2) is 6.54. The van der Waals surface area contributed by atoms with Crippen molar-refractivity contribution in [2.75, 3.05) is 7.11 Å². The van der Waals surface area contributed by atoms with E-state index in [2.05, 4.69) is 25.9 Å². The van der Waals surface area contributed by atoms with Crippen LogP contribution in [0.2, 0.25) is 0 Å². The molecule has 5 heteroatoms. The van der Waals surface area contributed by atoms with Crippen LogP contribution in [0.4, 0.5) is 0 Å². The van der Waals surface area contributed by atoms with Gasteiger partial charge in [-0.15, -0.1) is 11.8 Å². The lowest BCUT2D eigenvalue weighted by Gasteiger charge is -2.17. The first-order chi connectivity index (χ1) is 8.49. The molecule has 0 radical (unpaired) electrons. The number of nitrogens with two attached hydrogens (primary N) is 1. The van der Waals surface area contributed by atoms with Crippen molar-refractivity contribution in [3.05, 3.63) is 23.8 Å². The van der Waals surface area contributed by atoms with E-state index in [1.807, 2.05) is 12.1 Å². The quantitative estimate of drug-likeness (QED) is 0.283. The van der Waals surface area contributed by atoms with Crippen molar-refractivity contribution in [1.29, 1.82) is 0 Å². The van der Waals surface area contributed by atoms with E-state index in [-0.39, 0.29) is 5.84 Å². The molecule has 1 atom stereocenters. The number of benzene rings is 1. The molecule has 0 aromatic heterocycles. The molecule has 0 heterocycles. The molecule has 0 amide bonds. The topological polar surface area (TPSA) is 67.8 Å². The number of methoxy groups -OCH3 is 1. The van der Waals surface area contributed by atoms with E-state index < -0.39 is 0 Å². The summed E-state index contributed by atoms with van der Waals surface area (Å²) in [4.78, 5) is 0.964. The second-order valence-corrected chi connectivity index (χ2v) is 5.83. The molecule has 0 saturated heterocycles. The van der Waals surface area contributed by atoms with Crippen LogP contribution in [-0.2, 0) is 0 Å². The maximum absolute atomic E-state index is 8.80. The lowest BCUT2D eigenvalue weighted by atomic mass is 10.1.